The SMILES string of the molecule is CCCCCCCCCCCCCCCCCCNC(=O)C(CSSCCCCCCCCCCCC)NC(=O)CNCCCNCCCCNCCCN. The van der Waals surface area contributed by atoms with Crippen LogP contribution in [0.4, 0.5) is 0 Å². The molecule has 328 valence electrons. The molecule has 0 aliphatic heterocycles. The van der Waals surface area contributed by atoms with Gasteiger partial charge in [0, 0.05) is 18.1 Å². The van der Waals surface area contributed by atoms with Crippen molar-refractivity contribution in [2.45, 2.75) is 213 Å². The van der Waals surface area contributed by atoms with E-state index in [1.165, 1.54) is 161 Å². The van der Waals surface area contributed by atoms with Gasteiger partial charge in [-0.3, -0.25) is 9.59 Å². The number of carbonyl (C=O) groups excluding carboxylic acids is 2. The number of nitrogens with one attached hydrogen (secondary N) is 5. The Bertz CT molecular complexity index is 782. The molecule has 55 heavy (non-hydrogen) atoms. The number of unbranched alkanes of at least 4 members (excludes halogenated alkanes) is 25. The Morgan fingerprint density at radius 3 is 1.35 bits per heavy atom. The van der Waals surface area contributed by atoms with E-state index < -0.39 is 6.04 Å². The van der Waals surface area contributed by atoms with Gasteiger partial charge in [-0.2, -0.15) is 0 Å². The lowest BCUT2D eigenvalue weighted by atomic mass is 10.0. The molecule has 0 aromatic carbocycles. The first-order chi connectivity index (χ1) is 27.2. The zero-order chi connectivity index (χ0) is 40.0. The lowest BCUT2D eigenvalue weighted by molar-refractivity contribution is -0.128. The summed E-state index contributed by atoms with van der Waals surface area (Å²) in [7, 11) is 3.57. The molecule has 0 aliphatic rings. The number of carbonyl (C=O) groups is 2. The zero-order valence-electron chi connectivity index (χ0n) is 36.6. The summed E-state index contributed by atoms with van der Waals surface area (Å²) in [5.74, 6) is 1.56. The van der Waals surface area contributed by atoms with Crippen molar-refractivity contribution in [3.63, 3.8) is 0 Å². The minimum absolute atomic E-state index is 0.0415. The summed E-state index contributed by atoms with van der Waals surface area (Å²) in [5, 5.41) is 16.3. The van der Waals surface area contributed by atoms with E-state index in [9.17, 15) is 9.59 Å². The fourth-order valence-electron chi connectivity index (χ4n) is 6.78. The van der Waals surface area contributed by atoms with Crippen LogP contribution in [0.2, 0.25) is 0 Å². The minimum atomic E-state index is -0.493. The maximum absolute atomic E-state index is 13.2. The second-order valence-corrected chi connectivity index (χ2v) is 18.5. The molecule has 0 radical (unpaired) electrons. The zero-order valence-corrected chi connectivity index (χ0v) is 38.2. The van der Waals surface area contributed by atoms with Crippen LogP contribution in [-0.2, 0) is 9.59 Å². The van der Waals surface area contributed by atoms with Crippen LogP contribution in [0.1, 0.15) is 206 Å². The van der Waals surface area contributed by atoms with Crippen LogP contribution in [0.5, 0.6) is 0 Å². The van der Waals surface area contributed by atoms with Crippen LogP contribution in [0.15, 0.2) is 0 Å². The van der Waals surface area contributed by atoms with Crippen molar-refractivity contribution >= 4 is 33.4 Å². The molecule has 1 unspecified atom stereocenters. The molecule has 0 fully saturated rings. The highest BCUT2D eigenvalue weighted by Gasteiger charge is 2.20. The van der Waals surface area contributed by atoms with E-state index in [-0.39, 0.29) is 18.4 Å². The maximum Gasteiger partial charge on any atom is 0.243 e. The van der Waals surface area contributed by atoms with E-state index in [2.05, 4.69) is 40.4 Å². The van der Waals surface area contributed by atoms with Gasteiger partial charge in [0.2, 0.25) is 11.8 Å². The average molecular weight is 815 g/mol. The Kier molecular flexibility index (Phi) is 47.4. The van der Waals surface area contributed by atoms with E-state index in [0.29, 0.717) is 12.3 Å². The third-order valence-electron chi connectivity index (χ3n) is 10.4. The van der Waals surface area contributed by atoms with Crippen molar-refractivity contribution in [1.29, 1.82) is 0 Å². The van der Waals surface area contributed by atoms with Crippen LogP contribution in [0, 0.1) is 0 Å². The molecule has 0 rings (SSSR count). The average Bonchev–Trinajstić information content (AvgIpc) is 3.19. The van der Waals surface area contributed by atoms with E-state index in [0.717, 1.165) is 77.1 Å². The summed E-state index contributed by atoms with van der Waals surface area (Å²) >= 11 is 0. The van der Waals surface area contributed by atoms with E-state index >= 15 is 0 Å². The molecule has 0 saturated heterocycles. The van der Waals surface area contributed by atoms with Crippen molar-refractivity contribution in [3.8, 4) is 0 Å². The molecule has 0 aromatic heterocycles. The van der Waals surface area contributed by atoms with E-state index in [1.807, 2.05) is 10.8 Å². The first kappa shape index (κ1) is 54.5. The number of nitrogens with two attached hydrogens (primary N) is 1. The van der Waals surface area contributed by atoms with Gasteiger partial charge in [-0.15, -0.1) is 0 Å². The summed E-state index contributed by atoms with van der Waals surface area (Å²) < 4.78 is 0. The normalized spacial score (nSPS) is 12.0. The molecule has 7 N–H and O–H groups in total. The van der Waals surface area contributed by atoms with Gasteiger partial charge in [0.1, 0.15) is 6.04 Å². The van der Waals surface area contributed by atoms with Crippen molar-refractivity contribution in [3.05, 3.63) is 0 Å². The van der Waals surface area contributed by atoms with Gasteiger partial charge in [0.15, 0.2) is 0 Å². The molecular formula is C45H94N6O2S2. The lowest BCUT2D eigenvalue weighted by Crippen LogP contribution is -2.50. The van der Waals surface area contributed by atoms with Crippen molar-refractivity contribution in [2.75, 3.05) is 63.9 Å². The minimum Gasteiger partial charge on any atom is -0.354 e. The third-order valence-corrected chi connectivity index (χ3v) is 12.9. The molecule has 0 saturated carbocycles. The smallest absolute Gasteiger partial charge is 0.243 e. The fourth-order valence-corrected chi connectivity index (χ4v) is 9.09. The molecule has 0 aromatic rings. The van der Waals surface area contributed by atoms with Crippen molar-refractivity contribution in [1.82, 2.24) is 26.6 Å². The number of amides is 2. The third kappa shape index (κ3) is 44.4. The Morgan fingerprint density at radius 2 is 0.855 bits per heavy atom. The molecular weight excluding hydrogens is 721 g/mol. The number of hydrogen-bond acceptors (Lipinski definition) is 8. The van der Waals surface area contributed by atoms with Crippen LogP contribution in [0.3, 0.4) is 0 Å². The van der Waals surface area contributed by atoms with Crippen LogP contribution in [-0.4, -0.2) is 81.7 Å². The van der Waals surface area contributed by atoms with E-state index in [4.69, 9.17) is 5.73 Å². The lowest BCUT2D eigenvalue weighted by Gasteiger charge is -2.18. The number of rotatable bonds is 47. The Labute approximate surface area is 350 Å². The summed E-state index contributed by atoms with van der Waals surface area (Å²) in [6, 6.07) is -0.493. The van der Waals surface area contributed by atoms with Crippen molar-refractivity contribution < 1.29 is 9.59 Å². The predicted octanol–water partition coefficient (Wildman–Crippen LogP) is 10.4. The first-order valence-electron chi connectivity index (χ1n) is 23.8. The summed E-state index contributed by atoms with van der Waals surface area (Å²) in [4.78, 5) is 26.0. The largest absolute Gasteiger partial charge is 0.354 e. The van der Waals surface area contributed by atoms with Gasteiger partial charge in [0.05, 0.1) is 6.54 Å². The van der Waals surface area contributed by atoms with Gasteiger partial charge in [-0.05, 0) is 77.8 Å². The quantitative estimate of drug-likeness (QED) is 0.0265. The predicted molar refractivity (Wildman–Crippen MR) is 247 cm³/mol. The Hall–Kier alpha value is -0.520. The molecule has 0 heterocycles. The number of hydrogen-bond donors (Lipinski definition) is 6. The van der Waals surface area contributed by atoms with Gasteiger partial charge >= 0.3 is 0 Å². The molecule has 2 amide bonds. The van der Waals surface area contributed by atoms with Gasteiger partial charge in [-0.1, -0.05) is 190 Å². The molecule has 0 spiro atoms. The van der Waals surface area contributed by atoms with Gasteiger partial charge in [-0.25, -0.2) is 0 Å². The Morgan fingerprint density at radius 1 is 0.455 bits per heavy atom. The van der Waals surface area contributed by atoms with Crippen LogP contribution in [0.25, 0.3) is 0 Å². The highest BCUT2D eigenvalue weighted by molar-refractivity contribution is 8.76. The van der Waals surface area contributed by atoms with Crippen LogP contribution >= 0.6 is 21.6 Å². The molecule has 0 bridgehead atoms. The fraction of sp³-hybridized carbons (Fsp3) is 0.956. The monoisotopic (exact) mass is 815 g/mol. The Balaban J connectivity index is 4.18. The highest BCUT2D eigenvalue weighted by Crippen LogP contribution is 2.24. The first-order valence-corrected chi connectivity index (χ1v) is 26.3. The van der Waals surface area contributed by atoms with E-state index in [1.54, 1.807) is 10.8 Å². The maximum atomic E-state index is 13.2. The summed E-state index contributed by atoms with van der Waals surface area (Å²) in [6.45, 7) is 11.0. The van der Waals surface area contributed by atoms with Crippen molar-refractivity contribution in [2.24, 2.45) is 5.73 Å². The topological polar surface area (TPSA) is 120 Å². The molecule has 1 atom stereocenters. The molecule has 8 nitrogen and oxygen atoms in total. The summed E-state index contributed by atoms with van der Waals surface area (Å²) in [5.41, 5.74) is 5.53. The van der Waals surface area contributed by atoms with Gasteiger partial charge in [0.25, 0.3) is 0 Å². The van der Waals surface area contributed by atoms with Crippen LogP contribution < -0.4 is 32.3 Å². The second kappa shape index (κ2) is 47.9. The molecule has 10 heteroatoms. The second-order valence-electron chi connectivity index (χ2n) is 15.9. The standard InChI is InChI=1S/C45H94N6O2S2/c1-3-5-7-9-11-13-15-16-17-18-19-20-21-23-25-27-39-50-45(53)43(42-55-54-40-30-26-24-22-14-12-10-8-6-4-2)51-44(52)41-49-38-32-37-48-35-29-28-34-47-36-31-33-46/h43,47-49H,3-42,46H2,1-2H3,(H,50,53)(H,51,52). The molecule has 0 aliphatic carbocycles. The van der Waals surface area contributed by atoms with Gasteiger partial charge < -0.3 is 32.3 Å². The summed E-state index contributed by atoms with van der Waals surface area (Å²) in [6.07, 6.45) is 39.3. The highest BCUT2D eigenvalue weighted by atomic mass is 33.1.